The highest BCUT2D eigenvalue weighted by Gasteiger charge is 2.22. The Hall–Kier alpha value is -2.70. The number of nitrogens with one attached hydrogen (secondary N) is 1. The fourth-order valence-corrected chi connectivity index (χ4v) is 2.23. The first kappa shape index (κ1) is 18.6. The average molecular weight is 345 g/mol. The van der Waals surface area contributed by atoms with Gasteiger partial charge in [-0.15, -0.1) is 0 Å². The van der Waals surface area contributed by atoms with Crippen LogP contribution in [0.25, 0.3) is 0 Å². The van der Waals surface area contributed by atoms with Crippen LogP contribution in [0.15, 0.2) is 34.9 Å². The molecule has 2 aromatic rings. The summed E-state index contributed by atoms with van der Waals surface area (Å²) in [5, 5.41) is 15.8. The molecule has 1 unspecified atom stereocenters. The van der Waals surface area contributed by atoms with E-state index in [9.17, 15) is 14.7 Å². The summed E-state index contributed by atoms with van der Waals surface area (Å²) in [6.45, 7) is 5.97. The van der Waals surface area contributed by atoms with Crippen LogP contribution in [0.1, 0.15) is 56.9 Å². The van der Waals surface area contributed by atoms with E-state index in [2.05, 4.69) is 15.5 Å². The van der Waals surface area contributed by atoms with E-state index >= 15 is 0 Å². The summed E-state index contributed by atoms with van der Waals surface area (Å²) >= 11 is 0. The number of aliphatic carboxylic acids is 1. The van der Waals surface area contributed by atoms with Gasteiger partial charge in [0.05, 0.1) is 0 Å². The van der Waals surface area contributed by atoms with E-state index in [0.717, 1.165) is 0 Å². The number of aryl methyl sites for hydroxylation is 1. The molecule has 1 amide bonds. The number of carbonyl (C=O) groups is 2. The maximum atomic E-state index is 12.0. The van der Waals surface area contributed by atoms with Gasteiger partial charge in [0.15, 0.2) is 11.9 Å². The van der Waals surface area contributed by atoms with Crippen molar-refractivity contribution < 1.29 is 19.2 Å². The zero-order valence-electron chi connectivity index (χ0n) is 14.7. The fraction of sp³-hybridized carbons (Fsp3) is 0.444. The summed E-state index contributed by atoms with van der Waals surface area (Å²) in [5.41, 5.74) is 0.346. The first-order chi connectivity index (χ1) is 11.8. The van der Waals surface area contributed by atoms with Crippen molar-refractivity contribution in [3.05, 3.63) is 47.6 Å². The minimum atomic E-state index is -1.09. The average Bonchev–Trinajstić information content (AvgIpc) is 3.02. The monoisotopic (exact) mass is 345 g/mol. The molecule has 2 rings (SSSR count). The molecule has 7 nitrogen and oxygen atoms in total. The molecule has 2 N–H and O–H groups in total. The molecular formula is C18H23N3O4. The van der Waals surface area contributed by atoms with Crippen molar-refractivity contribution in [2.24, 2.45) is 0 Å². The Labute approximate surface area is 146 Å². The molecule has 0 aliphatic heterocycles. The quantitative estimate of drug-likeness (QED) is 0.799. The van der Waals surface area contributed by atoms with Crippen LogP contribution in [0, 0.1) is 0 Å². The van der Waals surface area contributed by atoms with Crippen LogP contribution in [0.3, 0.4) is 0 Å². The number of carboxylic acids is 1. The number of carboxylic acid groups (broad SMARTS) is 1. The number of rotatable bonds is 7. The first-order valence-electron chi connectivity index (χ1n) is 8.17. The second-order valence-electron chi connectivity index (χ2n) is 6.86. The normalized spacial score (nSPS) is 12.6. The van der Waals surface area contributed by atoms with Gasteiger partial charge < -0.3 is 14.9 Å². The van der Waals surface area contributed by atoms with Crippen LogP contribution < -0.4 is 5.32 Å². The number of amides is 1. The number of benzene rings is 1. The third kappa shape index (κ3) is 5.41. The van der Waals surface area contributed by atoms with Gasteiger partial charge in [-0.2, -0.15) is 4.98 Å². The summed E-state index contributed by atoms with van der Waals surface area (Å²) in [6.07, 6.45) is 1.15. The lowest BCUT2D eigenvalue weighted by molar-refractivity contribution is -0.142. The highest BCUT2D eigenvalue weighted by Crippen LogP contribution is 2.19. The molecule has 0 aliphatic carbocycles. The molecule has 0 fully saturated rings. The van der Waals surface area contributed by atoms with Crippen molar-refractivity contribution in [2.45, 2.75) is 51.5 Å². The molecule has 25 heavy (non-hydrogen) atoms. The Morgan fingerprint density at radius 1 is 1.24 bits per heavy atom. The SMILES string of the molecule is CC(C)(C)c1noc(CCCC(=O)NC(C(=O)O)c2ccccc2)n1. The van der Waals surface area contributed by atoms with Gasteiger partial charge >= 0.3 is 5.97 Å². The van der Waals surface area contributed by atoms with Gasteiger partial charge in [0.2, 0.25) is 11.8 Å². The van der Waals surface area contributed by atoms with Crippen molar-refractivity contribution in [1.29, 1.82) is 0 Å². The molecule has 0 radical (unpaired) electrons. The summed E-state index contributed by atoms with van der Waals surface area (Å²) in [5.74, 6) is -0.310. The molecular weight excluding hydrogens is 322 g/mol. The molecule has 0 saturated heterocycles. The Morgan fingerprint density at radius 3 is 2.48 bits per heavy atom. The van der Waals surface area contributed by atoms with Crippen LogP contribution in [0.2, 0.25) is 0 Å². The molecule has 0 bridgehead atoms. The molecule has 7 heteroatoms. The Morgan fingerprint density at radius 2 is 1.92 bits per heavy atom. The summed E-state index contributed by atoms with van der Waals surface area (Å²) < 4.78 is 5.17. The number of nitrogens with zero attached hydrogens (tertiary/aromatic N) is 2. The standard InChI is InChI=1S/C18H23N3O4/c1-18(2,3)17-20-14(25-21-17)11-7-10-13(22)19-15(16(23)24)12-8-5-4-6-9-12/h4-6,8-9,15H,7,10-11H2,1-3H3,(H,19,22)(H,23,24). The van der Waals surface area contributed by atoms with E-state index in [-0.39, 0.29) is 17.7 Å². The van der Waals surface area contributed by atoms with Crippen molar-refractivity contribution in [3.8, 4) is 0 Å². The van der Waals surface area contributed by atoms with Gasteiger partial charge in [-0.3, -0.25) is 4.79 Å². The summed E-state index contributed by atoms with van der Waals surface area (Å²) in [6, 6.07) is 7.56. The van der Waals surface area contributed by atoms with Gasteiger partial charge in [-0.05, 0) is 12.0 Å². The van der Waals surface area contributed by atoms with Gasteiger partial charge in [0.1, 0.15) is 0 Å². The van der Waals surface area contributed by atoms with Crippen molar-refractivity contribution in [3.63, 3.8) is 0 Å². The van der Waals surface area contributed by atoms with Crippen LogP contribution in [0.4, 0.5) is 0 Å². The zero-order valence-corrected chi connectivity index (χ0v) is 14.7. The second-order valence-corrected chi connectivity index (χ2v) is 6.86. The van der Waals surface area contributed by atoms with Gasteiger partial charge in [-0.25, -0.2) is 4.79 Å². The van der Waals surface area contributed by atoms with Crippen molar-refractivity contribution >= 4 is 11.9 Å². The van der Waals surface area contributed by atoms with E-state index < -0.39 is 12.0 Å². The smallest absolute Gasteiger partial charge is 0.330 e. The minimum Gasteiger partial charge on any atom is -0.479 e. The van der Waals surface area contributed by atoms with Gasteiger partial charge in [0, 0.05) is 18.3 Å². The van der Waals surface area contributed by atoms with Crippen LogP contribution >= 0.6 is 0 Å². The van der Waals surface area contributed by atoms with E-state index in [1.807, 2.05) is 20.8 Å². The Bertz CT molecular complexity index is 719. The van der Waals surface area contributed by atoms with Crippen LogP contribution in [0.5, 0.6) is 0 Å². The van der Waals surface area contributed by atoms with Crippen molar-refractivity contribution in [2.75, 3.05) is 0 Å². The highest BCUT2D eigenvalue weighted by atomic mass is 16.5. The van der Waals surface area contributed by atoms with E-state index in [1.165, 1.54) is 0 Å². The maximum Gasteiger partial charge on any atom is 0.330 e. The molecule has 0 saturated carbocycles. The highest BCUT2D eigenvalue weighted by molar-refractivity contribution is 5.84. The third-order valence-electron chi connectivity index (χ3n) is 3.62. The topological polar surface area (TPSA) is 105 Å². The number of hydrogen-bond acceptors (Lipinski definition) is 5. The number of carbonyl (C=O) groups excluding carboxylic acids is 1. The predicted octanol–water partition coefficient (Wildman–Crippen LogP) is 2.63. The first-order valence-corrected chi connectivity index (χ1v) is 8.17. The summed E-state index contributed by atoms with van der Waals surface area (Å²) in [7, 11) is 0. The molecule has 0 spiro atoms. The lowest BCUT2D eigenvalue weighted by Gasteiger charge is -2.14. The fourth-order valence-electron chi connectivity index (χ4n) is 2.23. The van der Waals surface area contributed by atoms with Crippen LogP contribution in [-0.2, 0) is 21.4 Å². The van der Waals surface area contributed by atoms with E-state index in [4.69, 9.17) is 4.52 Å². The maximum absolute atomic E-state index is 12.0. The molecule has 1 aromatic carbocycles. The molecule has 1 atom stereocenters. The third-order valence-corrected chi connectivity index (χ3v) is 3.62. The lowest BCUT2D eigenvalue weighted by atomic mass is 9.96. The predicted molar refractivity (Wildman–Crippen MR) is 90.9 cm³/mol. The molecule has 1 heterocycles. The number of aromatic nitrogens is 2. The van der Waals surface area contributed by atoms with Gasteiger partial charge in [0.25, 0.3) is 0 Å². The van der Waals surface area contributed by atoms with Crippen molar-refractivity contribution in [1.82, 2.24) is 15.5 Å². The van der Waals surface area contributed by atoms with Crippen LogP contribution in [-0.4, -0.2) is 27.1 Å². The minimum absolute atomic E-state index is 0.184. The number of hydrogen-bond donors (Lipinski definition) is 2. The second kappa shape index (κ2) is 7.92. The van der Waals surface area contributed by atoms with Gasteiger partial charge in [-0.1, -0.05) is 56.3 Å². The summed E-state index contributed by atoms with van der Waals surface area (Å²) in [4.78, 5) is 27.7. The molecule has 0 aliphatic rings. The largest absolute Gasteiger partial charge is 0.479 e. The van der Waals surface area contributed by atoms with E-state index in [0.29, 0.717) is 30.1 Å². The van der Waals surface area contributed by atoms with E-state index in [1.54, 1.807) is 30.3 Å². The Kier molecular flexibility index (Phi) is 5.90. The molecule has 1 aromatic heterocycles. The zero-order chi connectivity index (χ0) is 18.4. The Balaban J connectivity index is 1.85. The molecule has 134 valence electrons. The lowest BCUT2D eigenvalue weighted by Crippen LogP contribution is -2.33.